The molecule has 218 valence electrons. The van der Waals surface area contributed by atoms with Crippen LogP contribution >= 0.6 is 0 Å². The average Bonchev–Trinajstić information content (AvgIpc) is 2.89. The Morgan fingerprint density at radius 2 is 0.622 bits per heavy atom. The summed E-state index contributed by atoms with van der Waals surface area (Å²) in [6.45, 7) is 41.6. The molecular formula is C31H64FN3SiZr. The average molecular weight is 617 g/mol. The summed E-state index contributed by atoms with van der Waals surface area (Å²) in [5.74, 6) is 0. The predicted molar refractivity (Wildman–Crippen MR) is 169 cm³/mol. The first-order valence-corrected chi connectivity index (χ1v) is 16.2. The van der Waals surface area contributed by atoms with Crippen molar-refractivity contribution in [2.75, 3.05) is 0 Å². The van der Waals surface area contributed by atoms with Crippen LogP contribution in [0.3, 0.4) is 0 Å². The van der Waals surface area contributed by atoms with Crippen molar-refractivity contribution in [3.8, 4) is 0 Å². The maximum Gasteiger partial charge on any atom is 4.00 e. The summed E-state index contributed by atoms with van der Waals surface area (Å²) in [6.07, 6.45) is 0. The number of hydrogen-bond donors (Lipinski definition) is 0. The molecule has 0 aliphatic heterocycles. The first kappa shape index (κ1) is 44.3. The standard InChI is InChI=1S/3C8H18N.C7H10FSi.Zr/c3*1-7(2,3)9-8(4,5)6;1-9(2,8)7-5-3-4-6-7;/h3*1-6H3;3-6H,1-2H3;/q4*-1;+4. The van der Waals surface area contributed by atoms with Crippen molar-refractivity contribution in [2.24, 2.45) is 0 Å². The van der Waals surface area contributed by atoms with Crippen LogP contribution in [0.25, 0.3) is 16.0 Å². The molecule has 0 aromatic heterocycles. The first-order valence-electron chi connectivity index (χ1n) is 13.4. The van der Waals surface area contributed by atoms with E-state index in [0.717, 1.165) is 5.19 Å². The minimum atomic E-state index is -2.48. The molecular weight excluding hydrogens is 553 g/mol. The van der Waals surface area contributed by atoms with Gasteiger partial charge < -0.3 is 20.1 Å². The van der Waals surface area contributed by atoms with E-state index >= 15 is 0 Å². The molecule has 0 radical (unpaired) electrons. The van der Waals surface area contributed by atoms with Crippen LogP contribution in [0.15, 0.2) is 24.3 Å². The second-order valence-corrected chi connectivity index (χ2v) is 19.5. The maximum atomic E-state index is 13.1. The molecule has 1 aromatic carbocycles. The Morgan fingerprint density at radius 1 is 0.459 bits per heavy atom. The molecule has 0 amide bonds. The van der Waals surface area contributed by atoms with Gasteiger partial charge in [-0.25, -0.2) is 12.1 Å². The van der Waals surface area contributed by atoms with Gasteiger partial charge in [0.15, 0.2) is 0 Å². The van der Waals surface area contributed by atoms with Crippen molar-refractivity contribution in [1.82, 2.24) is 0 Å². The third-order valence-electron chi connectivity index (χ3n) is 3.36. The molecule has 0 atom stereocenters. The normalized spacial score (nSPS) is 13.1. The molecule has 6 heteroatoms. The Labute approximate surface area is 254 Å². The van der Waals surface area contributed by atoms with E-state index in [2.05, 4.69) is 141 Å². The van der Waals surface area contributed by atoms with Crippen LogP contribution in [0, 0.1) is 0 Å². The summed E-state index contributed by atoms with van der Waals surface area (Å²) >= 11 is 0. The quantitative estimate of drug-likeness (QED) is 0.171. The zero-order valence-electron chi connectivity index (χ0n) is 28.5. The van der Waals surface area contributed by atoms with Crippen molar-refractivity contribution in [3.63, 3.8) is 0 Å². The summed E-state index contributed by atoms with van der Waals surface area (Å²) in [7, 11) is -2.48. The molecule has 0 spiro atoms. The van der Waals surface area contributed by atoms with E-state index in [0.29, 0.717) is 0 Å². The molecule has 0 saturated carbocycles. The van der Waals surface area contributed by atoms with Gasteiger partial charge in [-0.2, -0.15) is 12.1 Å². The third kappa shape index (κ3) is 43.6. The molecule has 37 heavy (non-hydrogen) atoms. The molecule has 0 N–H and O–H groups in total. The van der Waals surface area contributed by atoms with Gasteiger partial charge in [0.2, 0.25) is 8.41 Å². The van der Waals surface area contributed by atoms with Crippen LogP contribution in [-0.2, 0) is 26.2 Å². The Morgan fingerprint density at radius 3 is 0.676 bits per heavy atom. The number of halogens is 1. The molecule has 0 heterocycles. The topological polar surface area (TPSA) is 42.3 Å². The summed E-state index contributed by atoms with van der Waals surface area (Å²) in [6, 6.07) is 7.46. The van der Waals surface area contributed by atoms with Crippen molar-refractivity contribution in [3.05, 3.63) is 40.2 Å². The van der Waals surface area contributed by atoms with Crippen LogP contribution in [-0.4, -0.2) is 41.6 Å². The summed E-state index contributed by atoms with van der Waals surface area (Å²) < 4.78 is 13.1. The van der Waals surface area contributed by atoms with Gasteiger partial charge in [-0.1, -0.05) is 125 Å². The summed E-state index contributed by atoms with van der Waals surface area (Å²) in [5.41, 5.74) is 0.656. The second-order valence-electron chi connectivity index (χ2n) is 16.0. The van der Waals surface area contributed by atoms with E-state index in [1.165, 1.54) is 0 Å². The molecule has 0 aliphatic carbocycles. The zero-order valence-corrected chi connectivity index (χ0v) is 32.0. The Balaban J connectivity index is -0.000000194. The fraction of sp³-hybridized carbons (Fsp3) is 0.839. The van der Waals surface area contributed by atoms with Gasteiger partial charge in [-0.05, 0) is 13.1 Å². The van der Waals surface area contributed by atoms with Gasteiger partial charge in [-0.15, -0.1) is 38.4 Å². The fourth-order valence-electron chi connectivity index (χ4n) is 3.79. The van der Waals surface area contributed by atoms with Crippen molar-refractivity contribution in [1.29, 1.82) is 0 Å². The molecule has 0 saturated heterocycles. The van der Waals surface area contributed by atoms with E-state index in [1.54, 1.807) is 13.1 Å². The minimum absolute atomic E-state index is 0. The third-order valence-corrected chi connectivity index (χ3v) is 5.07. The van der Waals surface area contributed by atoms with E-state index in [1.807, 2.05) is 24.3 Å². The predicted octanol–water partition coefficient (Wildman–Crippen LogP) is 10.7. The van der Waals surface area contributed by atoms with Gasteiger partial charge in [-0.3, -0.25) is 0 Å². The van der Waals surface area contributed by atoms with E-state index in [9.17, 15) is 4.11 Å². The van der Waals surface area contributed by atoms with E-state index in [-0.39, 0.29) is 59.4 Å². The fourth-order valence-corrected chi connectivity index (χ4v) is 4.77. The van der Waals surface area contributed by atoms with Crippen molar-refractivity contribution < 1.29 is 30.3 Å². The summed E-state index contributed by atoms with van der Waals surface area (Å²) in [5, 5.41) is 14.5. The van der Waals surface area contributed by atoms with E-state index < -0.39 is 8.41 Å². The SMILES string of the molecule is CC(C)(C)[N-]C(C)(C)C.CC(C)(C)[N-]C(C)(C)C.CC(C)(C)[N-]C(C)(C)C.C[Si](C)(F)[c-]1cccc1.[Zr+4]. The van der Waals surface area contributed by atoms with Crippen molar-refractivity contribution >= 4 is 13.6 Å². The van der Waals surface area contributed by atoms with Crippen LogP contribution in [0.5, 0.6) is 0 Å². The van der Waals surface area contributed by atoms with Gasteiger partial charge in [0.1, 0.15) is 0 Å². The van der Waals surface area contributed by atoms with Gasteiger partial charge >= 0.3 is 26.2 Å². The van der Waals surface area contributed by atoms with Gasteiger partial charge in [0.05, 0.1) is 0 Å². The second kappa shape index (κ2) is 16.5. The van der Waals surface area contributed by atoms with Gasteiger partial charge in [0, 0.05) is 0 Å². The number of nitrogens with zero attached hydrogens (tertiary/aromatic N) is 3. The molecule has 0 aliphatic rings. The zero-order chi connectivity index (χ0) is 30.0. The van der Waals surface area contributed by atoms with Gasteiger partial charge in [0.25, 0.3) is 0 Å². The maximum absolute atomic E-state index is 13.1. The molecule has 0 bridgehead atoms. The van der Waals surface area contributed by atoms with E-state index in [4.69, 9.17) is 0 Å². The first-order chi connectivity index (χ1) is 15.2. The molecule has 1 rings (SSSR count). The van der Waals surface area contributed by atoms with Crippen LogP contribution < -0.4 is 5.19 Å². The van der Waals surface area contributed by atoms with Crippen molar-refractivity contribution in [2.45, 2.75) is 171 Å². The number of hydrogen-bond acceptors (Lipinski definition) is 0. The van der Waals surface area contributed by atoms with Crippen LogP contribution in [0.4, 0.5) is 4.11 Å². The Bertz CT molecular complexity index is 570. The number of rotatable bonds is 1. The summed E-state index contributed by atoms with van der Waals surface area (Å²) in [4.78, 5) is 0. The largest absolute Gasteiger partial charge is 4.00 e. The minimum Gasteiger partial charge on any atom is -0.653 e. The molecule has 1 aromatic rings. The Kier molecular flexibility index (Phi) is 19.8. The monoisotopic (exact) mass is 615 g/mol. The molecule has 3 nitrogen and oxygen atoms in total. The van der Waals surface area contributed by atoms with Crippen LogP contribution in [0.1, 0.15) is 125 Å². The molecule has 0 fully saturated rings. The Hall–Kier alpha value is 0.260. The van der Waals surface area contributed by atoms with Crippen LogP contribution in [0.2, 0.25) is 13.1 Å². The molecule has 0 unspecified atom stereocenters. The smallest absolute Gasteiger partial charge is 0.653 e.